The van der Waals surface area contributed by atoms with E-state index in [0.717, 1.165) is 25.7 Å². The summed E-state index contributed by atoms with van der Waals surface area (Å²) in [6, 6.07) is 13.1. The van der Waals surface area contributed by atoms with Crippen LogP contribution in [-0.2, 0) is 10.0 Å². The van der Waals surface area contributed by atoms with Gasteiger partial charge in [-0.2, -0.15) is 10.4 Å². The second-order valence-electron chi connectivity index (χ2n) is 7.79. The molecule has 2 aromatic heterocycles. The largest absolute Gasteiger partial charge is 0.365 e. The molecule has 1 amide bonds. The summed E-state index contributed by atoms with van der Waals surface area (Å²) in [6.45, 7) is 0. The van der Waals surface area contributed by atoms with E-state index < -0.39 is 15.9 Å². The number of carbonyl (C=O) groups is 1. The number of pyridine rings is 1. The average molecular weight is 466 g/mol. The summed E-state index contributed by atoms with van der Waals surface area (Å²) in [6.07, 6.45) is 6.63. The minimum Gasteiger partial charge on any atom is -0.365 e. The van der Waals surface area contributed by atoms with E-state index >= 15 is 0 Å². The van der Waals surface area contributed by atoms with Gasteiger partial charge in [-0.25, -0.2) is 13.4 Å². The molecule has 0 aliphatic heterocycles. The van der Waals surface area contributed by atoms with Gasteiger partial charge in [0.25, 0.3) is 15.9 Å². The average Bonchev–Trinajstić information content (AvgIpc) is 3.23. The van der Waals surface area contributed by atoms with Crippen LogP contribution in [0.4, 0.5) is 17.3 Å². The van der Waals surface area contributed by atoms with E-state index in [2.05, 4.69) is 26.2 Å². The number of primary amides is 1. The molecule has 2 heterocycles. The lowest BCUT2D eigenvalue weighted by molar-refractivity contribution is 0.100. The van der Waals surface area contributed by atoms with Crippen molar-refractivity contribution in [2.75, 3.05) is 10.0 Å². The van der Waals surface area contributed by atoms with Gasteiger partial charge in [0.05, 0.1) is 22.9 Å². The maximum atomic E-state index is 12.6. The van der Waals surface area contributed by atoms with Crippen LogP contribution in [-0.4, -0.2) is 29.1 Å². The standard InChI is InChI=1S/C22H23N7O3S/c23-13-15-5-1-2-6-19(15)29-14-18(21(24)30)22(27-29)26-16-8-10-17(11-9-16)33(31,32)28-20-7-3-4-12-25-20/h3-4,7-12,14-15,19H,1-2,5-6H2,(H2,24,30)(H,25,28)(H,26,27)/t15-,19+/m0/s1. The fraction of sp³-hybridized carbons (Fsp3) is 0.273. The molecular weight excluding hydrogens is 442 g/mol. The Labute approximate surface area is 191 Å². The molecule has 0 saturated heterocycles. The molecule has 1 aliphatic rings. The van der Waals surface area contributed by atoms with E-state index in [9.17, 15) is 18.5 Å². The molecule has 0 unspecified atom stereocenters. The van der Waals surface area contributed by atoms with Crippen LogP contribution in [0.1, 0.15) is 42.1 Å². The van der Waals surface area contributed by atoms with Crippen molar-refractivity contribution in [3.8, 4) is 6.07 Å². The second kappa shape index (κ2) is 9.30. The highest BCUT2D eigenvalue weighted by atomic mass is 32.2. The smallest absolute Gasteiger partial charge is 0.263 e. The van der Waals surface area contributed by atoms with Crippen LogP contribution >= 0.6 is 0 Å². The molecule has 1 saturated carbocycles. The number of sulfonamides is 1. The third-order valence-corrected chi connectivity index (χ3v) is 6.93. The highest BCUT2D eigenvalue weighted by molar-refractivity contribution is 7.92. The van der Waals surface area contributed by atoms with Crippen LogP contribution < -0.4 is 15.8 Å². The molecule has 10 nitrogen and oxygen atoms in total. The van der Waals surface area contributed by atoms with E-state index in [-0.39, 0.29) is 34.1 Å². The number of anilines is 3. The van der Waals surface area contributed by atoms with Crippen LogP contribution in [0.25, 0.3) is 0 Å². The lowest BCUT2D eigenvalue weighted by atomic mass is 9.85. The normalized spacial score (nSPS) is 18.3. The number of hydrogen-bond donors (Lipinski definition) is 3. The lowest BCUT2D eigenvalue weighted by Gasteiger charge is -2.26. The second-order valence-corrected chi connectivity index (χ2v) is 9.48. The summed E-state index contributed by atoms with van der Waals surface area (Å²) in [4.78, 5) is 16.0. The van der Waals surface area contributed by atoms with Gasteiger partial charge in [-0.1, -0.05) is 18.9 Å². The molecule has 4 N–H and O–H groups in total. The summed E-state index contributed by atoms with van der Waals surface area (Å²) >= 11 is 0. The van der Waals surface area contributed by atoms with E-state index in [1.807, 2.05) is 0 Å². The van der Waals surface area contributed by atoms with Gasteiger partial charge < -0.3 is 11.1 Å². The fourth-order valence-electron chi connectivity index (χ4n) is 3.89. The molecule has 170 valence electrons. The molecule has 0 bridgehead atoms. The van der Waals surface area contributed by atoms with Crippen molar-refractivity contribution < 1.29 is 13.2 Å². The first-order valence-electron chi connectivity index (χ1n) is 10.5. The van der Waals surface area contributed by atoms with Crippen molar-refractivity contribution in [1.82, 2.24) is 14.8 Å². The SMILES string of the molecule is N#C[C@@H]1CCCC[C@H]1n1cc(C(N)=O)c(Nc2ccc(S(=O)(=O)Nc3ccccn3)cc2)n1. The van der Waals surface area contributed by atoms with Gasteiger partial charge in [-0.15, -0.1) is 0 Å². The molecule has 0 spiro atoms. The van der Waals surface area contributed by atoms with Crippen molar-refractivity contribution in [2.24, 2.45) is 11.7 Å². The van der Waals surface area contributed by atoms with Crippen molar-refractivity contribution in [2.45, 2.75) is 36.6 Å². The van der Waals surface area contributed by atoms with Gasteiger partial charge in [-0.05, 0) is 49.2 Å². The van der Waals surface area contributed by atoms with E-state index in [1.165, 1.54) is 18.3 Å². The number of nitriles is 1. The minimum atomic E-state index is -3.81. The van der Waals surface area contributed by atoms with E-state index in [0.29, 0.717) is 5.69 Å². The highest BCUT2D eigenvalue weighted by Gasteiger charge is 2.29. The summed E-state index contributed by atoms with van der Waals surface area (Å²) < 4.78 is 29.2. The Morgan fingerprint density at radius 1 is 1.15 bits per heavy atom. The first-order valence-corrected chi connectivity index (χ1v) is 12.0. The Bertz CT molecular complexity index is 1280. The summed E-state index contributed by atoms with van der Waals surface area (Å²) in [5.41, 5.74) is 6.27. The zero-order valence-electron chi connectivity index (χ0n) is 17.7. The summed E-state index contributed by atoms with van der Waals surface area (Å²) in [5, 5.41) is 17.0. The maximum Gasteiger partial charge on any atom is 0.263 e. The molecule has 2 atom stereocenters. The first kappa shape index (κ1) is 22.3. The predicted molar refractivity (Wildman–Crippen MR) is 122 cm³/mol. The number of carbonyl (C=O) groups excluding carboxylic acids is 1. The Balaban J connectivity index is 1.55. The topological polar surface area (TPSA) is 156 Å². The Morgan fingerprint density at radius 2 is 1.91 bits per heavy atom. The molecule has 3 aromatic rings. The Kier molecular flexibility index (Phi) is 6.28. The Morgan fingerprint density at radius 3 is 2.58 bits per heavy atom. The molecular formula is C22H23N7O3S. The first-order chi connectivity index (χ1) is 15.9. The third kappa shape index (κ3) is 4.96. The van der Waals surface area contributed by atoms with Gasteiger partial charge in [0, 0.05) is 18.1 Å². The van der Waals surface area contributed by atoms with Crippen LogP contribution in [0.15, 0.2) is 59.8 Å². The fourth-order valence-corrected chi connectivity index (χ4v) is 4.89. The Hall–Kier alpha value is -3.91. The molecule has 1 aliphatic carbocycles. The highest BCUT2D eigenvalue weighted by Crippen LogP contribution is 2.34. The van der Waals surface area contributed by atoms with Crippen LogP contribution in [0.5, 0.6) is 0 Å². The monoisotopic (exact) mass is 465 g/mol. The number of nitrogens with one attached hydrogen (secondary N) is 2. The number of rotatable bonds is 7. The molecule has 33 heavy (non-hydrogen) atoms. The van der Waals surface area contributed by atoms with Crippen molar-refractivity contribution in [3.63, 3.8) is 0 Å². The van der Waals surface area contributed by atoms with Crippen LogP contribution in [0.3, 0.4) is 0 Å². The lowest BCUT2D eigenvalue weighted by Crippen LogP contribution is -2.22. The molecule has 1 aromatic carbocycles. The number of aromatic nitrogens is 3. The van der Waals surface area contributed by atoms with Crippen molar-refractivity contribution >= 4 is 33.3 Å². The zero-order valence-corrected chi connectivity index (χ0v) is 18.5. The quantitative estimate of drug-likeness (QED) is 0.484. The number of hydrogen-bond acceptors (Lipinski definition) is 7. The minimum absolute atomic E-state index is 0.0541. The van der Waals surface area contributed by atoms with Gasteiger partial charge in [0.1, 0.15) is 11.4 Å². The van der Waals surface area contributed by atoms with Gasteiger partial charge >= 0.3 is 0 Å². The molecule has 0 radical (unpaired) electrons. The number of amides is 1. The molecule has 4 rings (SSSR count). The van der Waals surface area contributed by atoms with Crippen LogP contribution in [0, 0.1) is 17.2 Å². The van der Waals surface area contributed by atoms with Crippen LogP contribution in [0.2, 0.25) is 0 Å². The molecule has 1 fully saturated rings. The third-order valence-electron chi connectivity index (χ3n) is 5.56. The van der Waals surface area contributed by atoms with Gasteiger partial charge in [-0.3, -0.25) is 14.2 Å². The summed E-state index contributed by atoms with van der Waals surface area (Å²) in [7, 11) is -3.81. The van der Waals surface area contributed by atoms with Crippen molar-refractivity contribution in [1.29, 1.82) is 5.26 Å². The predicted octanol–water partition coefficient (Wildman–Crippen LogP) is 3.18. The maximum absolute atomic E-state index is 12.6. The molecule has 11 heteroatoms. The van der Waals surface area contributed by atoms with E-state index in [1.54, 1.807) is 41.2 Å². The zero-order chi connectivity index (χ0) is 23.4. The number of benzene rings is 1. The van der Waals surface area contributed by atoms with E-state index in [4.69, 9.17) is 5.73 Å². The van der Waals surface area contributed by atoms with Crippen molar-refractivity contribution in [3.05, 3.63) is 60.4 Å². The van der Waals surface area contributed by atoms with Gasteiger partial charge in [0.2, 0.25) is 0 Å². The number of nitrogens with zero attached hydrogens (tertiary/aromatic N) is 4. The van der Waals surface area contributed by atoms with Gasteiger partial charge in [0.15, 0.2) is 5.82 Å². The summed E-state index contributed by atoms with van der Waals surface area (Å²) in [5.74, 6) is -0.350. The number of nitrogens with two attached hydrogens (primary N) is 1.